The molecule has 58 heavy (non-hydrogen) atoms. The number of amides is 3. The monoisotopic (exact) mass is 785 g/mol. The molecule has 2 aromatic carbocycles. The Bertz CT molecular complexity index is 2470. The van der Waals surface area contributed by atoms with Crippen LogP contribution in [0.2, 0.25) is 0 Å². The van der Waals surface area contributed by atoms with Crippen LogP contribution in [0.25, 0.3) is 28.0 Å². The van der Waals surface area contributed by atoms with Gasteiger partial charge in [-0.1, -0.05) is 56.3 Å². The van der Waals surface area contributed by atoms with Gasteiger partial charge >= 0.3 is 0 Å². The smallest absolute Gasteiger partial charge is 0.292 e. The van der Waals surface area contributed by atoms with Gasteiger partial charge < -0.3 is 14.6 Å². The minimum absolute atomic E-state index is 0.0547. The van der Waals surface area contributed by atoms with Crippen LogP contribution in [-0.4, -0.2) is 71.5 Å². The zero-order chi connectivity index (χ0) is 40.4. The Morgan fingerprint density at radius 2 is 1.84 bits per heavy atom. The molecule has 0 radical (unpaired) electrons. The topological polar surface area (TPSA) is 170 Å². The summed E-state index contributed by atoms with van der Waals surface area (Å²) >= 11 is 0. The summed E-state index contributed by atoms with van der Waals surface area (Å²) in [5.74, 6) is -0.235. The van der Waals surface area contributed by atoms with Gasteiger partial charge in [0, 0.05) is 60.4 Å². The SMILES string of the molecule is CC(C)(C)c1nc(C(=O)NCc2ccc(-c3ncnn4cc(-c5ccc(CN6CCC(Cc7cccc(OC8CCC(=O)NC8=O)c7)CC6)cn5)cc34)cc2F)no1. The van der Waals surface area contributed by atoms with Crippen LogP contribution in [0.15, 0.2) is 83.9 Å². The largest absolute Gasteiger partial charge is 0.481 e. The minimum Gasteiger partial charge on any atom is -0.481 e. The van der Waals surface area contributed by atoms with Crippen LogP contribution in [0.1, 0.15) is 79.7 Å². The Hall–Kier alpha value is -6.35. The molecular weight excluding hydrogens is 742 g/mol. The number of hydrogen-bond acceptors (Lipinski definition) is 11. The molecule has 0 aliphatic carbocycles. The molecule has 3 amide bonds. The minimum atomic E-state index is -0.643. The van der Waals surface area contributed by atoms with Crippen molar-refractivity contribution < 1.29 is 28.0 Å². The van der Waals surface area contributed by atoms with Crippen molar-refractivity contribution in [3.63, 3.8) is 0 Å². The second kappa shape index (κ2) is 16.3. The fourth-order valence-corrected chi connectivity index (χ4v) is 7.33. The van der Waals surface area contributed by atoms with E-state index in [1.54, 1.807) is 16.6 Å². The Morgan fingerprint density at radius 3 is 2.59 bits per heavy atom. The van der Waals surface area contributed by atoms with Gasteiger partial charge in [0.15, 0.2) is 6.10 Å². The summed E-state index contributed by atoms with van der Waals surface area (Å²) in [7, 11) is 0. The number of carbonyl (C=O) groups excluding carboxylic acids is 3. The van der Waals surface area contributed by atoms with Crippen LogP contribution in [0.3, 0.4) is 0 Å². The maximum absolute atomic E-state index is 15.3. The summed E-state index contributed by atoms with van der Waals surface area (Å²) in [6, 6.07) is 18.8. The van der Waals surface area contributed by atoms with E-state index in [9.17, 15) is 14.4 Å². The molecule has 15 heteroatoms. The van der Waals surface area contributed by atoms with E-state index >= 15 is 4.39 Å². The van der Waals surface area contributed by atoms with E-state index in [0.717, 1.165) is 55.7 Å². The molecule has 1 atom stereocenters. The van der Waals surface area contributed by atoms with Crippen molar-refractivity contribution in [3.8, 4) is 28.3 Å². The number of benzene rings is 2. The van der Waals surface area contributed by atoms with Gasteiger partial charge in [0.1, 0.15) is 17.9 Å². The normalized spacial score (nSPS) is 16.7. The number of rotatable bonds is 11. The van der Waals surface area contributed by atoms with Gasteiger partial charge in [-0.05, 0) is 79.7 Å². The number of nitrogens with one attached hydrogen (secondary N) is 2. The number of ether oxygens (including phenoxy) is 1. The van der Waals surface area contributed by atoms with Crippen LogP contribution in [0.4, 0.5) is 4.39 Å². The quantitative estimate of drug-likeness (QED) is 0.151. The van der Waals surface area contributed by atoms with Crippen LogP contribution in [0, 0.1) is 11.7 Å². The summed E-state index contributed by atoms with van der Waals surface area (Å²) in [6.45, 7) is 8.43. The molecule has 298 valence electrons. The highest BCUT2D eigenvalue weighted by molar-refractivity contribution is 6.00. The second-order valence-corrected chi connectivity index (χ2v) is 16.0. The van der Waals surface area contributed by atoms with Gasteiger partial charge in [-0.15, -0.1) is 0 Å². The number of nitrogens with zero attached hydrogens (tertiary/aromatic N) is 7. The van der Waals surface area contributed by atoms with Gasteiger partial charge in [-0.3, -0.25) is 29.6 Å². The lowest BCUT2D eigenvalue weighted by molar-refractivity contribution is -0.138. The molecule has 0 saturated carbocycles. The Labute approximate surface area is 334 Å². The molecule has 2 aliphatic rings. The molecule has 2 fully saturated rings. The molecule has 0 bridgehead atoms. The summed E-state index contributed by atoms with van der Waals surface area (Å²) in [4.78, 5) is 52.1. The second-order valence-electron chi connectivity index (χ2n) is 16.0. The summed E-state index contributed by atoms with van der Waals surface area (Å²) < 4.78 is 28.2. The zero-order valence-electron chi connectivity index (χ0n) is 32.6. The first kappa shape index (κ1) is 38.5. The van der Waals surface area contributed by atoms with Crippen LogP contribution in [-0.2, 0) is 34.5 Å². The summed E-state index contributed by atoms with van der Waals surface area (Å²) in [6.07, 6.45) is 8.36. The van der Waals surface area contributed by atoms with Gasteiger partial charge in [-0.2, -0.15) is 10.1 Å². The number of likely N-dealkylation sites (tertiary alicyclic amines) is 1. The third-order valence-corrected chi connectivity index (χ3v) is 10.6. The predicted octanol–water partition coefficient (Wildman–Crippen LogP) is 5.85. The number of hydrogen-bond donors (Lipinski definition) is 2. The maximum atomic E-state index is 15.3. The van der Waals surface area contributed by atoms with E-state index in [0.29, 0.717) is 46.3 Å². The molecule has 14 nitrogen and oxygen atoms in total. The van der Waals surface area contributed by atoms with Crippen molar-refractivity contribution >= 4 is 23.2 Å². The van der Waals surface area contributed by atoms with Crippen LogP contribution < -0.4 is 15.4 Å². The zero-order valence-corrected chi connectivity index (χ0v) is 32.6. The number of aromatic nitrogens is 6. The first-order valence-corrected chi connectivity index (χ1v) is 19.5. The lowest BCUT2D eigenvalue weighted by Gasteiger charge is -2.32. The van der Waals surface area contributed by atoms with E-state index < -0.39 is 23.2 Å². The molecule has 6 heterocycles. The van der Waals surface area contributed by atoms with Crippen molar-refractivity contribution in [2.24, 2.45) is 5.92 Å². The molecule has 2 N–H and O–H groups in total. The highest BCUT2D eigenvalue weighted by Gasteiger charge is 2.29. The third-order valence-electron chi connectivity index (χ3n) is 10.6. The molecule has 1 unspecified atom stereocenters. The number of fused-ring (bicyclic) bond motifs is 1. The predicted molar refractivity (Wildman–Crippen MR) is 211 cm³/mol. The van der Waals surface area contributed by atoms with Crippen LogP contribution >= 0.6 is 0 Å². The van der Waals surface area contributed by atoms with E-state index in [2.05, 4.69) is 47.9 Å². The van der Waals surface area contributed by atoms with E-state index in [4.69, 9.17) is 14.2 Å². The third kappa shape index (κ3) is 8.79. The van der Waals surface area contributed by atoms with Crippen molar-refractivity contribution in [1.82, 2.24) is 45.3 Å². The van der Waals surface area contributed by atoms with Gasteiger partial charge in [0.25, 0.3) is 17.6 Å². The first-order chi connectivity index (χ1) is 27.9. The Kier molecular flexibility index (Phi) is 10.8. The average molecular weight is 786 g/mol. The van der Waals surface area contributed by atoms with Gasteiger partial charge in [-0.25, -0.2) is 13.9 Å². The number of imide groups is 1. The van der Waals surface area contributed by atoms with Gasteiger partial charge in [0.05, 0.1) is 16.9 Å². The highest BCUT2D eigenvalue weighted by Crippen LogP contribution is 2.30. The van der Waals surface area contributed by atoms with Gasteiger partial charge in [0.2, 0.25) is 11.8 Å². The highest BCUT2D eigenvalue weighted by atomic mass is 19.1. The van der Waals surface area contributed by atoms with Crippen LogP contribution in [0.5, 0.6) is 5.75 Å². The standard InChI is InChI=1S/C43H44FN9O5/c1-43(2,3)42-50-39(51-58-42)41(56)46-22-30-9-8-29(19-33(30)44)38-35-20-31(24-53(35)48-25-47-38)34-10-7-28(21-45-34)23-52-15-13-26(14-16-52)17-27-5-4-6-32(18-27)57-36-11-12-37(54)49-40(36)55/h4-10,18-21,24-26,36H,11-17,22-23H2,1-3H3,(H,46,56)(H,49,54,55). The van der Waals surface area contributed by atoms with E-state index in [1.165, 1.54) is 18.0 Å². The maximum Gasteiger partial charge on any atom is 0.292 e. The molecule has 2 saturated heterocycles. The van der Waals surface area contributed by atoms with E-state index in [1.807, 2.05) is 63.5 Å². The van der Waals surface area contributed by atoms with Crippen molar-refractivity contribution in [2.75, 3.05) is 13.1 Å². The molecule has 8 rings (SSSR count). The summed E-state index contributed by atoms with van der Waals surface area (Å²) in [5, 5.41) is 13.1. The molecule has 4 aromatic heterocycles. The number of piperidine rings is 2. The number of halogens is 1. The number of carbonyl (C=O) groups is 3. The fraction of sp³-hybridized carbons (Fsp3) is 0.349. The molecule has 0 spiro atoms. The first-order valence-electron chi connectivity index (χ1n) is 19.5. The average Bonchev–Trinajstić information content (AvgIpc) is 3.89. The molecule has 2 aliphatic heterocycles. The number of pyridine rings is 1. The molecular formula is C43H44FN9O5. The van der Waals surface area contributed by atoms with Crippen molar-refractivity contribution in [1.29, 1.82) is 0 Å². The van der Waals surface area contributed by atoms with Crippen molar-refractivity contribution in [2.45, 2.75) is 77.5 Å². The summed E-state index contributed by atoms with van der Waals surface area (Å²) in [5.41, 5.74) is 5.68. The lowest BCUT2D eigenvalue weighted by Crippen LogP contribution is -2.46. The fourth-order valence-electron chi connectivity index (χ4n) is 7.33. The Balaban J connectivity index is 0.850. The van der Waals surface area contributed by atoms with Crippen molar-refractivity contribution in [3.05, 3.63) is 114 Å². The lowest BCUT2D eigenvalue weighted by atomic mass is 9.90. The van der Waals surface area contributed by atoms with E-state index in [-0.39, 0.29) is 30.6 Å². The molecule has 6 aromatic rings. The Morgan fingerprint density at radius 1 is 1.00 bits per heavy atom.